The third kappa shape index (κ3) is 1.50. The number of halogens is 1. The first-order chi connectivity index (χ1) is 7.69. The fourth-order valence-electron chi connectivity index (χ4n) is 2.93. The summed E-state index contributed by atoms with van der Waals surface area (Å²) in [6, 6.07) is 4.38. The molecule has 1 aromatic rings. The first-order valence-corrected chi connectivity index (χ1v) is 5.85. The Morgan fingerprint density at radius 3 is 2.81 bits per heavy atom. The first-order valence-electron chi connectivity index (χ1n) is 5.85. The molecule has 2 nitrogen and oxygen atoms in total. The number of benzene rings is 1. The van der Waals surface area contributed by atoms with Crippen LogP contribution in [-0.4, -0.2) is 10.7 Å². The molecule has 0 bridgehead atoms. The molecule has 1 spiro atoms. The van der Waals surface area contributed by atoms with Crippen molar-refractivity contribution in [1.82, 2.24) is 0 Å². The van der Waals surface area contributed by atoms with Crippen LogP contribution in [-0.2, 0) is 0 Å². The highest BCUT2D eigenvalue weighted by Crippen LogP contribution is 2.47. The Morgan fingerprint density at radius 2 is 2.06 bits per heavy atom. The van der Waals surface area contributed by atoms with E-state index in [1.54, 1.807) is 6.07 Å². The molecule has 1 atom stereocenters. The van der Waals surface area contributed by atoms with E-state index in [0.29, 0.717) is 12.2 Å². The van der Waals surface area contributed by atoms with Gasteiger partial charge in [-0.3, -0.25) is 0 Å². The van der Waals surface area contributed by atoms with Gasteiger partial charge in [0, 0.05) is 18.1 Å². The molecule has 1 aliphatic carbocycles. The van der Waals surface area contributed by atoms with Crippen molar-refractivity contribution in [3.63, 3.8) is 0 Å². The number of fused-ring (bicyclic) bond motifs is 1. The Kier molecular flexibility index (Phi) is 2.18. The molecule has 86 valence electrons. The maximum absolute atomic E-state index is 13.1. The van der Waals surface area contributed by atoms with Crippen molar-refractivity contribution >= 4 is 0 Å². The lowest BCUT2D eigenvalue weighted by molar-refractivity contribution is -0.00965. The Hall–Kier alpha value is -1.09. The lowest BCUT2D eigenvalue weighted by atomic mass is 9.87. The van der Waals surface area contributed by atoms with E-state index in [1.165, 1.54) is 12.1 Å². The number of rotatable bonds is 0. The predicted molar refractivity (Wildman–Crippen MR) is 57.8 cm³/mol. The molecule has 0 aromatic heterocycles. The predicted octanol–water partition coefficient (Wildman–Crippen LogP) is 2.95. The zero-order chi connectivity index (χ0) is 11.2. The summed E-state index contributed by atoms with van der Waals surface area (Å²) in [5, 5.41) is 10.1. The van der Waals surface area contributed by atoms with Gasteiger partial charge in [0.2, 0.25) is 0 Å². The van der Waals surface area contributed by atoms with Crippen LogP contribution in [0.1, 0.15) is 43.8 Å². The van der Waals surface area contributed by atoms with E-state index in [-0.39, 0.29) is 11.4 Å². The van der Waals surface area contributed by atoms with E-state index in [1.807, 2.05) is 0 Å². The average Bonchev–Trinajstić information content (AvgIpc) is 2.65. The van der Waals surface area contributed by atoms with Gasteiger partial charge >= 0.3 is 0 Å². The molecule has 1 heterocycles. The van der Waals surface area contributed by atoms with Gasteiger partial charge in [-0.1, -0.05) is 0 Å². The van der Waals surface area contributed by atoms with Crippen LogP contribution in [0.25, 0.3) is 0 Å². The van der Waals surface area contributed by atoms with Crippen molar-refractivity contribution < 1.29 is 14.2 Å². The highest BCUT2D eigenvalue weighted by atomic mass is 19.1. The monoisotopic (exact) mass is 222 g/mol. The second-order valence-electron chi connectivity index (χ2n) is 4.89. The van der Waals surface area contributed by atoms with Crippen molar-refractivity contribution in [3.8, 4) is 5.75 Å². The molecule has 3 rings (SSSR count). The molecule has 0 saturated heterocycles. The van der Waals surface area contributed by atoms with Crippen LogP contribution >= 0.6 is 0 Å². The minimum Gasteiger partial charge on any atom is -0.487 e. The largest absolute Gasteiger partial charge is 0.487 e. The Morgan fingerprint density at radius 1 is 1.31 bits per heavy atom. The molecule has 3 heteroatoms. The van der Waals surface area contributed by atoms with Gasteiger partial charge in [-0.2, -0.15) is 0 Å². The summed E-state index contributed by atoms with van der Waals surface area (Å²) in [6.45, 7) is 0. The number of aliphatic hydroxyl groups excluding tert-OH is 1. The summed E-state index contributed by atoms with van der Waals surface area (Å²) < 4.78 is 19.1. The second-order valence-corrected chi connectivity index (χ2v) is 4.89. The molecule has 1 fully saturated rings. The van der Waals surface area contributed by atoms with Crippen molar-refractivity contribution in [2.24, 2.45) is 0 Å². The van der Waals surface area contributed by atoms with E-state index in [9.17, 15) is 9.50 Å². The standard InChI is InChI=1S/C13H15FO2/c14-9-3-4-10-11(15)8-13(5-1-2-6-13)16-12(10)7-9/h3-4,7,11,15H,1-2,5-6,8H2. The van der Waals surface area contributed by atoms with Gasteiger partial charge in [0.25, 0.3) is 0 Å². The van der Waals surface area contributed by atoms with Crippen LogP contribution in [0.4, 0.5) is 4.39 Å². The van der Waals surface area contributed by atoms with E-state index < -0.39 is 6.10 Å². The summed E-state index contributed by atoms with van der Waals surface area (Å²) >= 11 is 0. The zero-order valence-electron chi connectivity index (χ0n) is 9.08. The number of aliphatic hydroxyl groups is 1. The summed E-state index contributed by atoms with van der Waals surface area (Å²) in [7, 11) is 0. The Labute approximate surface area is 94.0 Å². The maximum atomic E-state index is 13.1. The van der Waals surface area contributed by atoms with Crippen LogP contribution < -0.4 is 4.74 Å². The van der Waals surface area contributed by atoms with Gasteiger partial charge in [0.1, 0.15) is 17.2 Å². The summed E-state index contributed by atoms with van der Waals surface area (Å²) in [6.07, 6.45) is 4.35. The van der Waals surface area contributed by atoms with Crippen molar-refractivity contribution in [1.29, 1.82) is 0 Å². The average molecular weight is 222 g/mol. The molecule has 0 amide bonds. The normalized spacial score (nSPS) is 26.5. The van der Waals surface area contributed by atoms with Gasteiger partial charge in [-0.15, -0.1) is 0 Å². The molecule has 0 radical (unpaired) electrons. The Bertz CT molecular complexity index is 410. The minimum absolute atomic E-state index is 0.236. The summed E-state index contributed by atoms with van der Waals surface area (Å²) in [4.78, 5) is 0. The third-order valence-corrected chi connectivity index (χ3v) is 3.74. The molecular formula is C13H15FO2. The molecule has 1 N–H and O–H groups in total. The van der Waals surface area contributed by atoms with E-state index in [4.69, 9.17) is 4.74 Å². The quantitative estimate of drug-likeness (QED) is 0.731. The van der Waals surface area contributed by atoms with E-state index >= 15 is 0 Å². The van der Waals surface area contributed by atoms with Gasteiger partial charge in [0.15, 0.2) is 0 Å². The van der Waals surface area contributed by atoms with Crippen LogP contribution in [0, 0.1) is 5.82 Å². The van der Waals surface area contributed by atoms with E-state index in [2.05, 4.69) is 0 Å². The molecule has 1 saturated carbocycles. The number of hydrogen-bond donors (Lipinski definition) is 1. The molecule has 16 heavy (non-hydrogen) atoms. The zero-order valence-corrected chi connectivity index (χ0v) is 9.08. The lowest BCUT2D eigenvalue weighted by Crippen LogP contribution is -2.38. The molecule has 1 unspecified atom stereocenters. The summed E-state index contributed by atoms with van der Waals surface area (Å²) in [5.74, 6) is 0.224. The number of hydrogen-bond acceptors (Lipinski definition) is 2. The Balaban J connectivity index is 2.00. The molecular weight excluding hydrogens is 207 g/mol. The van der Waals surface area contributed by atoms with Crippen molar-refractivity contribution in [2.45, 2.75) is 43.8 Å². The van der Waals surface area contributed by atoms with Gasteiger partial charge in [-0.25, -0.2) is 4.39 Å². The number of ether oxygens (including phenoxy) is 1. The van der Waals surface area contributed by atoms with E-state index in [0.717, 1.165) is 31.2 Å². The van der Waals surface area contributed by atoms with Crippen molar-refractivity contribution in [3.05, 3.63) is 29.6 Å². The fourth-order valence-corrected chi connectivity index (χ4v) is 2.93. The van der Waals surface area contributed by atoms with Gasteiger partial charge in [0.05, 0.1) is 6.10 Å². The van der Waals surface area contributed by atoms with Crippen LogP contribution in [0.2, 0.25) is 0 Å². The van der Waals surface area contributed by atoms with Crippen molar-refractivity contribution in [2.75, 3.05) is 0 Å². The smallest absolute Gasteiger partial charge is 0.128 e. The fraction of sp³-hybridized carbons (Fsp3) is 0.538. The lowest BCUT2D eigenvalue weighted by Gasteiger charge is -2.38. The van der Waals surface area contributed by atoms with Gasteiger partial charge < -0.3 is 9.84 Å². The molecule has 2 aliphatic rings. The summed E-state index contributed by atoms with van der Waals surface area (Å²) in [5.41, 5.74) is 0.485. The van der Waals surface area contributed by atoms with Crippen LogP contribution in [0.5, 0.6) is 5.75 Å². The molecule has 1 aromatic carbocycles. The highest BCUT2D eigenvalue weighted by molar-refractivity contribution is 5.38. The maximum Gasteiger partial charge on any atom is 0.128 e. The molecule has 1 aliphatic heterocycles. The second kappa shape index (κ2) is 3.45. The highest BCUT2D eigenvalue weighted by Gasteiger charge is 2.42. The third-order valence-electron chi connectivity index (χ3n) is 3.74. The SMILES string of the molecule is OC1CC2(CCCC2)Oc2cc(F)ccc21. The minimum atomic E-state index is -0.512. The van der Waals surface area contributed by atoms with Crippen LogP contribution in [0.3, 0.4) is 0 Å². The topological polar surface area (TPSA) is 29.5 Å². The van der Waals surface area contributed by atoms with Crippen LogP contribution in [0.15, 0.2) is 18.2 Å². The first kappa shape index (κ1) is 10.1. The van der Waals surface area contributed by atoms with Gasteiger partial charge in [-0.05, 0) is 37.8 Å².